The first-order chi connectivity index (χ1) is 17.8. The second-order valence-corrected chi connectivity index (χ2v) is 8.08. The van der Waals surface area contributed by atoms with Gasteiger partial charge in [-0.1, -0.05) is 42.0 Å². The molecule has 1 amide bonds. The van der Waals surface area contributed by atoms with Gasteiger partial charge in [-0.05, 0) is 66.6 Å². The topological polar surface area (TPSA) is 117 Å². The van der Waals surface area contributed by atoms with Gasteiger partial charge in [-0.3, -0.25) is 9.59 Å². The number of ether oxygens (including phenoxy) is 2. The molecule has 0 heterocycles. The summed E-state index contributed by atoms with van der Waals surface area (Å²) < 4.78 is 10.2. The molecule has 0 fully saturated rings. The van der Waals surface area contributed by atoms with E-state index in [1.165, 1.54) is 32.4 Å². The predicted molar refractivity (Wildman–Crippen MR) is 143 cm³/mol. The summed E-state index contributed by atoms with van der Waals surface area (Å²) >= 11 is 0. The van der Waals surface area contributed by atoms with Crippen molar-refractivity contribution in [2.24, 2.45) is 5.10 Å². The van der Waals surface area contributed by atoms with E-state index >= 15 is 0 Å². The number of allylic oxidation sites excluding steroid dienone is 2. The normalized spacial score (nSPS) is 11.6. The maximum Gasteiger partial charge on any atom is 0.271 e. The summed E-state index contributed by atoms with van der Waals surface area (Å²) in [5, 5.41) is 23.7. The number of nitrogens with zero attached hydrogens (tertiary/aromatic N) is 1. The Morgan fingerprint density at radius 1 is 0.838 bits per heavy atom. The summed E-state index contributed by atoms with van der Waals surface area (Å²) in [5.74, 6) is -0.0648. The number of carbonyl (C=O) groups is 2. The van der Waals surface area contributed by atoms with E-state index < -0.39 is 5.91 Å². The van der Waals surface area contributed by atoms with E-state index in [4.69, 9.17) is 9.47 Å². The van der Waals surface area contributed by atoms with E-state index in [2.05, 4.69) is 10.5 Å². The third-order valence-electron chi connectivity index (χ3n) is 5.31. The first kappa shape index (κ1) is 26.7. The molecule has 8 heteroatoms. The first-order valence-corrected chi connectivity index (χ1v) is 11.4. The number of hydrazone groups is 1. The molecular weight excluding hydrogens is 472 g/mol. The lowest BCUT2D eigenvalue weighted by molar-refractivity contribution is -0.113. The Bertz CT molecular complexity index is 1360. The van der Waals surface area contributed by atoms with Crippen LogP contribution in [0.5, 0.6) is 23.0 Å². The molecule has 0 unspecified atom stereocenters. The van der Waals surface area contributed by atoms with Crippen LogP contribution >= 0.6 is 0 Å². The number of benzene rings is 3. The van der Waals surface area contributed by atoms with Crippen LogP contribution in [0.15, 0.2) is 77.9 Å². The van der Waals surface area contributed by atoms with Crippen LogP contribution in [0, 0.1) is 6.92 Å². The fourth-order valence-electron chi connectivity index (χ4n) is 3.24. The number of amides is 1. The van der Waals surface area contributed by atoms with Crippen molar-refractivity contribution in [3.8, 4) is 23.0 Å². The fourth-order valence-corrected chi connectivity index (χ4v) is 3.24. The highest BCUT2D eigenvalue weighted by Gasteiger charge is 2.08. The number of ketones is 1. The minimum absolute atomic E-state index is 0.000660. The van der Waals surface area contributed by atoms with E-state index in [0.717, 1.165) is 5.56 Å². The molecule has 3 N–H and O–H groups in total. The maximum absolute atomic E-state index is 12.7. The summed E-state index contributed by atoms with van der Waals surface area (Å²) in [6.07, 6.45) is 6.20. The van der Waals surface area contributed by atoms with Crippen molar-refractivity contribution in [1.29, 1.82) is 0 Å². The third kappa shape index (κ3) is 7.83. The minimum Gasteiger partial charge on any atom is -0.504 e. The van der Waals surface area contributed by atoms with E-state index in [0.29, 0.717) is 33.9 Å². The van der Waals surface area contributed by atoms with Gasteiger partial charge in [0, 0.05) is 5.56 Å². The number of methoxy groups -OCH3 is 2. The molecule has 3 aromatic rings. The summed E-state index contributed by atoms with van der Waals surface area (Å²) in [6.45, 7) is 1.93. The Kier molecular flexibility index (Phi) is 9.21. The Morgan fingerprint density at radius 3 is 1.92 bits per heavy atom. The molecule has 0 radical (unpaired) electrons. The molecule has 37 heavy (non-hydrogen) atoms. The molecule has 0 aliphatic rings. The average Bonchev–Trinajstić information content (AvgIpc) is 2.90. The average molecular weight is 501 g/mol. The zero-order valence-corrected chi connectivity index (χ0v) is 20.8. The van der Waals surface area contributed by atoms with Crippen LogP contribution < -0.4 is 14.9 Å². The van der Waals surface area contributed by atoms with Crippen molar-refractivity contribution in [1.82, 2.24) is 5.43 Å². The maximum atomic E-state index is 12.7. The van der Waals surface area contributed by atoms with Gasteiger partial charge in [0.05, 0.1) is 26.4 Å². The van der Waals surface area contributed by atoms with Gasteiger partial charge in [0.2, 0.25) is 0 Å². The molecule has 190 valence electrons. The van der Waals surface area contributed by atoms with E-state index in [1.54, 1.807) is 54.6 Å². The molecule has 0 spiro atoms. The zero-order valence-electron chi connectivity index (χ0n) is 20.8. The summed E-state index contributed by atoms with van der Waals surface area (Å²) in [7, 11) is 2.89. The molecule has 0 aliphatic heterocycles. The van der Waals surface area contributed by atoms with Crippen LogP contribution in [0.3, 0.4) is 0 Å². The summed E-state index contributed by atoms with van der Waals surface area (Å²) in [6, 6.07) is 16.6. The minimum atomic E-state index is -0.406. The van der Waals surface area contributed by atoms with Crippen LogP contribution in [-0.4, -0.2) is 41.8 Å². The van der Waals surface area contributed by atoms with Gasteiger partial charge in [-0.15, -0.1) is 0 Å². The van der Waals surface area contributed by atoms with E-state index in [1.807, 2.05) is 19.1 Å². The first-order valence-electron chi connectivity index (χ1n) is 11.4. The molecule has 3 aromatic carbocycles. The van der Waals surface area contributed by atoms with Crippen molar-refractivity contribution in [3.63, 3.8) is 0 Å². The van der Waals surface area contributed by atoms with Crippen LogP contribution in [0.2, 0.25) is 0 Å². The molecule has 0 saturated carbocycles. The van der Waals surface area contributed by atoms with Gasteiger partial charge in [-0.25, -0.2) is 5.43 Å². The monoisotopic (exact) mass is 500 g/mol. The number of aryl methyl sites for hydroxylation is 1. The van der Waals surface area contributed by atoms with E-state index in [9.17, 15) is 19.8 Å². The Labute approximate surface area is 215 Å². The van der Waals surface area contributed by atoms with Crippen molar-refractivity contribution >= 4 is 29.6 Å². The van der Waals surface area contributed by atoms with Crippen LogP contribution in [0.25, 0.3) is 12.2 Å². The number of hydrogen-bond donors (Lipinski definition) is 3. The molecule has 0 aromatic heterocycles. The number of aromatic hydroxyl groups is 2. The lowest BCUT2D eigenvalue weighted by atomic mass is 10.1. The second-order valence-electron chi connectivity index (χ2n) is 8.08. The molecule has 0 atom stereocenters. The quantitative estimate of drug-likeness (QED) is 0.207. The lowest BCUT2D eigenvalue weighted by Crippen LogP contribution is -2.20. The fraction of sp³-hybridized carbons (Fsp3) is 0.138. The smallest absolute Gasteiger partial charge is 0.271 e. The molecule has 0 saturated heterocycles. The van der Waals surface area contributed by atoms with E-state index in [-0.39, 0.29) is 23.7 Å². The van der Waals surface area contributed by atoms with Gasteiger partial charge in [0.1, 0.15) is 0 Å². The second kappa shape index (κ2) is 12.7. The van der Waals surface area contributed by atoms with Crippen LogP contribution in [0.1, 0.15) is 33.5 Å². The summed E-state index contributed by atoms with van der Waals surface area (Å²) in [5.41, 5.74) is 5.64. The van der Waals surface area contributed by atoms with Gasteiger partial charge >= 0.3 is 0 Å². The Morgan fingerprint density at radius 2 is 1.38 bits per heavy atom. The molecular formula is C29H28N2O6. The Hall–Kier alpha value is -4.85. The number of hydrogen-bond acceptors (Lipinski definition) is 7. The Balaban J connectivity index is 1.80. The molecule has 3 rings (SSSR count). The largest absolute Gasteiger partial charge is 0.504 e. The van der Waals surface area contributed by atoms with Crippen molar-refractivity contribution in [2.75, 3.05) is 14.2 Å². The van der Waals surface area contributed by atoms with Crippen molar-refractivity contribution in [3.05, 3.63) is 95.1 Å². The molecule has 8 nitrogen and oxygen atoms in total. The lowest BCUT2D eigenvalue weighted by Gasteiger charge is -2.05. The summed E-state index contributed by atoms with van der Waals surface area (Å²) in [4.78, 5) is 25.2. The van der Waals surface area contributed by atoms with Gasteiger partial charge < -0.3 is 19.7 Å². The predicted octanol–water partition coefficient (Wildman–Crippen LogP) is 4.90. The van der Waals surface area contributed by atoms with Crippen LogP contribution in [-0.2, 0) is 4.79 Å². The number of phenolic OH excluding ortho intramolecular Hbond substituents is 2. The van der Waals surface area contributed by atoms with Gasteiger partial charge in [-0.2, -0.15) is 5.10 Å². The van der Waals surface area contributed by atoms with Crippen molar-refractivity contribution < 1.29 is 29.3 Å². The number of phenols is 2. The standard InChI is InChI=1S/C29H28N2O6/c1-19-4-10-22(11-5-19)29(35)31-30-23(12-6-20-8-14-25(33)27(16-20)36-2)18-24(32)13-7-21-9-15-26(34)28(17-21)37-3/h4-17,33-34H,18H2,1-3H3,(H,31,35)/b12-6+,13-7+,30-23+. The number of rotatable bonds is 10. The molecule has 0 aliphatic carbocycles. The van der Waals surface area contributed by atoms with Gasteiger partial charge in [0.15, 0.2) is 28.8 Å². The SMILES string of the molecule is COc1cc(/C=C/C(=O)CC(/C=C/c2ccc(O)c(OC)c2)=N/NC(=O)c2ccc(C)cc2)ccc1O. The highest BCUT2D eigenvalue weighted by molar-refractivity contribution is 6.13. The zero-order chi connectivity index (χ0) is 26.8. The highest BCUT2D eigenvalue weighted by Crippen LogP contribution is 2.27. The number of nitrogens with one attached hydrogen (secondary N) is 1. The van der Waals surface area contributed by atoms with Crippen molar-refractivity contribution in [2.45, 2.75) is 13.3 Å². The molecule has 0 bridgehead atoms. The number of carbonyl (C=O) groups excluding carboxylic acids is 2. The van der Waals surface area contributed by atoms with Crippen LogP contribution in [0.4, 0.5) is 0 Å². The third-order valence-corrected chi connectivity index (χ3v) is 5.31. The highest BCUT2D eigenvalue weighted by atomic mass is 16.5. The van der Waals surface area contributed by atoms with Gasteiger partial charge in [0.25, 0.3) is 5.91 Å².